The highest BCUT2D eigenvalue weighted by atomic mass is 19.1. The fraction of sp³-hybridized carbons (Fsp3) is 0.571. The van der Waals surface area contributed by atoms with Crippen LogP contribution in [0.2, 0.25) is 0 Å². The molecule has 2 rings (SSSR count). The van der Waals surface area contributed by atoms with E-state index in [0.29, 0.717) is 12.6 Å². The Morgan fingerprint density at radius 2 is 2.06 bits per heavy atom. The van der Waals surface area contributed by atoms with Crippen LogP contribution in [-0.2, 0) is 6.54 Å². The van der Waals surface area contributed by atoms with Crippen LogP contribution < -0.4 is 5.32 Å². The van der Waals surface area contributed by atoms with Crippen LogP contribution in [0.5, 0.6) is 0 Å². The molecule has 1 unspecified atom stereocenters. The fourth-order valence-electron chi connectivity index (χ4n) is 2.52. The second-order valence-electron chi connectivity index (χ2n) is 4.82. The van der Waals surface area contributed by atoms with E-state index in [9.17, 15) is 8.78 Å². The van der Waals surface area contributed by atoms with Gasteiger partial charge in [-0.1, -0.05) is 13.0 Å². The molecule has 1 saturated heterocycles. The topological polar surface area (TPSA) is 15.3 Å². The molecule has 1 atom stereocenters. The van der Waals surface area contributed by atoms with Gasteiger partial charge in [0.15, 0.2) is 0 Å². The van der Waals surface area contributed by atoms with Crippen LogP contribution >= 0.6 is 0 Å². The molecule has 1 aliphatic rings. The van der Waals surface area contributed by atoms with Crippen molar-refractivity contribution >= 4 is 0 Å². The molecular weight excluding hydrogens is 234 g/mol. The molecule has 2 nitrogen and oxygen atoms in total. The molecule has 1 fully saturated rings. The summed E-state index contributed by atoms with van der Waals surface area (Å²) < 4.78 is 27.3. The smallest absolute Gasteiger partial charge is 0.130 e. The molecule has 0 saturated carbocycles. The lowest BCUT2D eigenvalue weighted by molar-refractivity contribution is 0.194. The first-order valence-electron chi connectivity index (χ1n) is 6.60. The molecule has 18 heavy (non-hydrogen) atoms. The Hall–Kier alpha value is -1.00. The van der Waals surface area contributed by atoms with E-state index in [-0.39, 0.29) is 5.56 Å². The lowest BCUT2D eigenvalue weighted by Crippen LogP contribution is -2.37. The van der Waals surface area contributed by atoms with E-state index in [1.54, 1.807) is 0 Å². The Kier molecular flexibility index (Phi) is 4.66. The van der Waals surface area contributed by atoms with Crippen LogP contribution in [0.1, 0.15) is 25.3 Å². The summed E-state index contributed by atoms with van der Waals surface area (Å²) in [5.41, 5.74) is 0.192. The molecule has 4 heteroatoms. The van der Waals surface area contributed by atoms with Gasteiger partial charge in [0.2, 0.25) is 0 Å². The van der Waals surface area contributed by atoms with Crippen molar-refractivity contribution in [1.82, 2.24) is 10.2 Å². The lowest BCUT2D eigenvalue weighted by atomic mass is 10.1. The average Bonchev–Trinajstić information content (AvgIpc) is 2.86. The Labute approximate surface area is 107 Å². The van der Waals surface area contributed by atoms with Gasteiger partial charge in [0, 0.05) is 24.7 Å². The fourth-order valence-corrected chi connectivity index (χ4v) is 2.52. The number of rotatable bonds is 5. The quantitative estimate of drug-likeness (QED) is 0.868. The Bertz CT molecular complexity index is 369. The summed E-state index contributed by atoms with van der Waals surface area (Å²) in [7, 11) is 0. The van der Waals surface area contributed by atoms with Crippen molar-refractivity contribution in [2.75, 3.05) is 19.6 Å². The summed E-state index contributed by atoms with van der Waals surface area (Å²) in [6.07, 6.45) is 2.04. The Morgan fingerprint density at radius 1 is 1.33 bits per heavy atom. The predicted molar refractivity (Wildman–Crippen MR) is 68.3 cm³/mol. The van der Waals surface area contributed by atoms with E-state index in [1.165, 1.54) is 18.2 Å². The Balaban J connectivity index is 2.12. The molecule has 1 aromatic rings. The zero-order chi connectivity index (χ0) is 13.0. The number of halogens is 2. The van der Waals surface area contributed by atoms with Crippen LogP contribution in [0.25, 0.3) is 0 Å². The maximum atomic E-state index is 13.7. The first-order valence-corrected chi connectivity index (χ1v) is 6.60. The number of hydrogen-bond acceptors (Lipinski definition) is 2. The van der Waals surface area contributed by atoms with Crippen molar-refractivity contribution < 1.29 is 8.78 Å². The van der Waals surface area contributed by atoms with Gasteiger partial charge >= 0.3 is 0 Å². The van der Waals surface area contributed by atoms with Crippen molar-refractivity contribution in [3.8, 4) is 0 Å². The SMILES string of the molecule is CCCN(Cc1c(F)cccc1F)C1CCNC1. The van der Waals surface area contributed by atoms with Crippen molar-refractivity contribution in [2.45, 2.75) is 32.4 Å². The molecular formula is C14H20F2N2. The third kappa shape index (κ3) is 3.06. The van der Waals surface area contributed by atoms with Gasteiger partial charge in [-0.15, -0.1) is 0 Å². The summed E-state index contributed by atoms with van der Waals surface area (Å²) in [5, 5.41) is 3.30. The minimum atomic E-state index is -0.443. The molecule has 0 spiro atoms. The third-order valence-electron chi connectivity index (χ3n) is 3.48. The second-order valence-corrected chi connectivity index (χ2v) is 4.82. The van der Waals surface area contributed by atoms with Crippen LogP contribution in [0, 0.1) is 11.6 Å². The number of benzene rings is 1. The number of nitrogens with zero attached hydrogens (tertiary/aromatic N) is 1. The van der Waals surface area contributed by atoms with Crippen LogP contribution in [0.3, 0.4) is 0 Å². The summed E-state index contributed by atoms with van der Waals surface area (Å²) in [5.74, 6) is -0.885. The summed E-state index contributed by atoms with van der Waals surface area (Å²) in [6, 6.07) is 4.46. The molecule has 1 N–H and O–H groups in total. The van der Waals surface area contributed by atoms with E-state index in [2.05, 4.69) is 17.1 Å². The maximum Gasteiger partial charge on any atom is 0.130 e. The predicted octanol–water partition coefficient (Wildman–Crippen LogP) is 2.54. The van der Waals surface area contributed by atoms with Gasteiger partial charge in [0.1, 0.15) is 11.6 Å². The largest absolute Gasteiger partial charge is 0.315 e. The zero-order valence-corrected chi connectivity index (χ0v) is 10.8. The minimum absolute atomic E-state index is 0.192. The maximum absolute atomic E-state index is 13.7. The summed E-state index contributed by atoms with van der Waals surface area (Å²) in [6.45, 7) is 5.23. The number of hydrogen-bond donors (Lipinski definition) is 1. The highest BCUT2D eigenvalue weighted by Crippen LogP contribution is 2.18. The van der Waals surface area contributed by atoms with Crippen molar-refractivity contribution in [1.29, 1.82) is 0 Å². The first-order chi connectivity index (χ1) is 8.72. The summed E-state index contributed by atoms with van der Waals surface area (Å²) >= 11 is 0. The van der Waals surface area contributed by atoms with Gasteiger partial charge < -0.3 is 5.32 Å². The van der Waals surface area contributed by atoms with Crippen LogP contribution in [0.4, 0.5) is 8.78 Å². The monoisotopic (exact) mass is 254 g/mol. The normalized spacial score (nSPS) is 19.7. The van der Waals surface area contributed by atoms with Gasteiger partial charge in [-0.25, -0.2) is 8.78 Å². The number of nitrogens with one attached hydrogen (secondary N) is 1. The minimum Gasteiger partial charge on any atom is -0.315 e. The van der Waals surface area contributed by atoms with Gasteiger partial charge in [0.25, 0.3) is 0 Å². The highest BCUT2D eigenvalue weighted by molar-refractivity contribution is 5.19. The van der Waals surface area contributed by atoms with E-state index in [0.717, 1.165) is 32.5 Å². The van der Waals surface area contributed by atoms with Crippen molar-refractivity contribution in [2.24, 2.45) is 0 Å². The summed E-state index contributed by atoms with van der Waals surface area (Å²) in [4.78, 5) is 2.18. The molecule has 0 radical (unpaired) electrons. The first kappa shape index (κ1) is 13.4. The molecule has 0 amide bonds. The molecule has 100 valence electrons. The second kappa shape index (κ2) is 6.25. The van der Waals surface area contributed by atoms with Gasteiger partial charge in [0.05, 0.1) is 0 Å². The van der Waals surface area contributed by atoms with E-state index >= 15 is 0 Å². The highest BCUT2D eigenvalue weighted by Gasteiger charge is 2.23. The van der Waals surface area contributed by atoms with Gasteiger partial charge in [-0.05, 0) is 38.1 Å². The van der Waals surface area contributed by atoms with Gasteiger partial charge in [-0.2, -0.15) is 0 Å². The third-order valence-corrected chi connectivity index (χ3v) is 3.48. The zero-order valence-electron chi connectivity index (χ0n) is 10.8. The van der Waals surface area contributed by atoms with Crippen molar-refractivity contribution in [3.63, 3.8) is 0 Å². The molecule has 1 aliphatic heterocycles. The molecule has 1 aromatic carbocycles. The lowest BCUT2D eigenvalue weighted by Gasteiger charge is -2.28. The average molecular weight is 254 g/mol. The van der Waals surface area contributed by atoms with E-state index < -0.39 is 11.6 Å². The van der Waals surface area contributed by atoms with Crippen LogP contribution in [0.15, 0.2) is 18.2 Å². The molecule has 1 heterocycles. The molecule has 0 bridgehead atoms. The standard InChI is InChI=1S/C14H20F2N2/c1-2-8-18(11-6-7-17-9-11)10-12-13(15)4-3-5-14(12)16/h3-5,11,17H,2,6-10H2,1H3. The van der Waals surface area contributed by atoms with Crippen LogP contribution in [-0.4, -0.2) is 30.6 Å². The van der Waals surface area contributed by atoms with E-state index in [1.807, 2.05) is 0 Å². The molecule has 0 aromatic heterocycles. The Morgan fingerprint density at radius 3 is 2.61 bits per heavy atom. The van der Waals surface area contributed by atoms with E-state index in [4.69, 9.17) is 0 Å². The molecule has 0 aliphatic carbocycles. The van der Waals surface area contributed by atoms with Gasteiger partial charge in [-0.3, -0.25) is 4.90 Å². The van der Waals surface area contributed by atoms with Crippen molar-refractivity contribution in [3.05, 3.63) is 35.4 Å².